The second-order valence-electron chi connectivity index (χ2n) is 4.91. The molecule has 96 valence electrons. The van der Waals surface area contributed by atoms with E-state index in [2.05, 4.69) is 20.9 Å². The van der Waals surface area contributed by atoms with Crippen molar-refractivity contribution in [2.75, 3.05) is 4.90 Å². The number of nitrogens with zero attached hydrogens (tertiary/aromatic N) is 2. The predicted octanol–water partition coefficient (Wildman–Crippen LogP) is 4.34. The van der Waals surface area contributed by atoms with Crippen molar-refractivity contribution in [3.05, 3.63) is 22.1 Å². The maximum Gasteiger partial charge on any atom is 0.412 e. The zero-order chi connectivity index (χ0) is 13.5. The minimum Gasteiger partial charge on any atom is -0.465 e. The molecule has 18 heavy (non-hydrogen) atoms. The quantitative estimate of drug-likeness (QED) is 0.847. The normalized spacial score (nSPS) is 11.8. The molecule has 1 heterocycles. The number of aromatic nitrogens is 1. The minimum absolute atomic E-state index is 0.485. The van der Waals surface area contributed by atoms with E-state index < -0.39 is 11.6 Å². The molecule has 0 atom stereocenters. The second-order valence-corrected chi connectivity index (χ2v) is 7.21. The Labute approximate surface area is 117 Å². The number of rotatable bonds is 1. The lowest BCUT2D eigenvalue weighted by Crippen LogP contribution is -2.45. The molecule has 4 nitrogen and oxygen atoms in total. The van der Waals surface area contributed by atoms with Gasteiger partial charge in [-0.05, 0) is 54.9 Å². The summed E-state index contributed by atoms with van der Waals surface area (Å²) in [5.41, 5.74) is 1.05. The van der Waals surface area contributed by atoms with E-state index in [1.165, 1.54) is 16.2 Å². The van der Waals surface area contributed by atoms with Crippen LogP contribution in [0.4, 0.5) is 10.5 Å². The van der Waals surface area contributed by atoms with Gasteiger partial charge < -0.3 is 5.11 Å². The Balaban J connectivity index is 2.54. The van der Waals surface area contributed by atoms with Gasteiger partial charge in [0.05, 0.1) is 10.2 Å². The summed E-state index contributed by atoms with van der Waals surface area (Å²) in [5, 5.41) is 9.34. The lowest BCUT2D eigenvalue weighted by atomic mass is 10.1. The van der Waals surface area contributed by atoms with E-state index in [0.29, 0.717) is 5.69 Å². The van der Waals surface area contributed by atoms with Crippen LogP contribution < -0.4 is 4.90 Å². The van der Waals surface area contributed by atoms with Crippen LogP contribution in [-0.4, -0.2) is 21.7 Å². The molecule has 1 aromatic heterocycles. The molecule has 0 spiro atoms. The van der Waals surface area contributed by atoms with Crippen LogP contribution in [-0.2, 0) is 0 Å². The number of fused-ring (bicyclic) bond motifs is 1. The van der Waals surface area contributed by atoms with Gasteiger partial charge in [-0.15, -0.1) is 11.3 Å². The second kappa shape index (κ2) is 4.51. The molecule has 0 unspecified atom stereocenters. The van der Waals surface area contributed by atoms with Gasteiger partial charge in [0.2, 0.25) is 0 Å². The maximum atomic E-state index is 11.4. The summed E-state index contributed by atoms with van der Waals surface area (Å²) in [6.45, 7) is 5.61. The van der Waals surface area contributed by atoms with Crippen LogP contribution in [0.15, 0.2) is 22.1 Å². The minimum atomic E-state index is -0.953. The molecular weight excluding hydrogens is 316 g/mol. The lowest BCUT2D eigenvalue weighted by Gasteiger charge is -2.33. The van der Waals surface area contributed by atoms with Crippen molar-refractivity contribution in [2.45, 2.75) is 26.3 Å². The molecule has 1 aromatic carbocycles. The molecule has 0 bridgehead atoms. The van der Waals surface area contributed by atoms with Gasteiger partial charge in [-0.2, -0.15) is 0 Å². The Morgan fingerprint density at radius 2 is 2.11 bits per heavy atom. The number of halogens is 1. The molecule has 0 fully saturated rings. The summed E-state index contributed by atoms with van der Waals surface area (Å²) in [4.78, 5) is 17.0. The van der Waals surface area contributed by atoms with Gasteiger partial charge in [-0.3, -0.25) is 4.90 Å². The molecule has 0 aliphatic rings. The highest BCUT2D eigenvalue weighted by atomic mass is 79.9. The van der Waals surface area contributed by atoms with Gasteiger partial charge in [0.1, 0.15) is 0 Å². The summed E-state index contributed by atoms with van der Waals surface area (Å²) < 4.78 is 1.77. The number of hydrogen-bond acceptors (Lipinski definition) is 3. The van der Waals surface area contributed by atoms with Crippen LogP contribution in [0.25, 0.3) is 10.2 Å². The van der Waals surface area contributed by atoms with Gasteiger partial charge in [-0.1, -0.05) is 0 Å². The monoisotopic (exact) mass is 328 g/mol. The zero-order valence-electron chi connectivity index (χ0n) is 10.3. The molecule has 2 aromatic rings. The molecule has 6 heteroatoms. The average molecular weight is 329 g/mol. The highest BCUT2D eigenvalue weighted by Crippen LogP contribution is 2.32. The lowest BCUT2D eigenvalue weighted by molar-refractivity contribution is 0.195. The first-order valence-corrected chi connectivity index (χ1v) is 6.99. The van der Waals surface area contributed by atoms with Gasteiger partial charge in [0.15, 0.2) is 3.92 Å². The maximum absolute atomic E-state index is 11.4. The Morgan fingerprint density at radius 3 is 2.67 bits per heavy atom. The standard InChI is InChI=1S/C12H13BrN2O2S/c1-12(2,3)15(11(16)17)7-4-5-8-9(6-7)18-10(13)14-8/h4-6H,1-3H3,(H,16,17). The molecule has 1 amide bonds. The van der Waals surface area contributed by atoms with Crippen LogP contribution in [0.5, 0.6) is 0 Å². The summed E-state index contributed by atoms with van der Waals surface area (Å²) in [7, 11) is 0. The number of benzene rings is 1. The van der Waals surface area contributed by atoms with Gasteiger partial charge in [0.25, 0.3) is 0 Å². The highest BCUT2D eigenvalue weighted by molar-refractivity contribution is 9.11. The number of thiazole rings is 1. The topological polar surface area (TPSA) is 53.4 Å². The third kappa shape index (κ3) is 2.49. The number of carbonyl (C=O) groups is 1. The third-order valence-corrected chi connectivity index (χ3v) is 3.94. The number of anilines is 1. The summed E-state index contributed by atoms with van der Waals surface area (Å²) in [6.07, 6.45) is -0.953. The molecule has 0 aliphatic heterocycles. The average Bonchev–Trinajstić information content (AvgIpc) is 2.54. The highest BCUT2D eigenvalue weighted by Gasteiger charge is 2.28. The van der Waals surface area contributed by atoms with Crippen LogP contribution in [0.3, 0.4) is 0 Å². The largest absolute Gasteiger partial charge is 0.465 e. The van der Waals surface area contributed by atoms with Crippen molar-refractivity contribution in [2.24, 2.45) is 0 Å². The third-order valence-electron chi connectivity index (χ3n) is 2.47. The molecule has 2 rings (SSSR count). The SMILES string of the molecule is CC(C)(C)N(C(=O)O)c1ccc2nc(Br)sc2c1. The van der Waals surface area contributed by atoms with Crippen molar-refractivity contribution in [3.63, 3.8) is 0 Å². The van der Waals surface area contributed by atoms with Crippen LogP contribution in [0.1, 0.15) is 20.8 Å². The van der Waals surface area contributed by atoms with Gasteiger partial charge in [-0.25, -0.2) is 9.78 Å². The van der Waals surface area contributed by atoms with Gasteiger partial charge >= 0.3 is 6.09 Å². The van der Waals surface area contributed by atoms with Crippen LogP contribution in [0, 0.1) is 0 Å². The Hall–Kier alpha value is -1.14. The zero-order valence-corrected chi connectivity index (χ0v) is 12.7. The van der Waals surface area contributed by atoms with Crippen molar-refractivity contribution in [1.29, 1.82) is 0 Å². The van der Waals surface area contributed by atoms with Crippen molar-refractivity contribution in [1.82, 2.24) is 4.98 Å². The van der Waals surface area contributed by atoms with Crippen LogP contribution >= 0.6 is 27.3 Å². The predicted molar refractivity (Wildman–Crippen MR) is 77.6 cm³/mol. The summed E-state index contributed by atoms with van der Waals surface area (Å²) in [6, 6.07) is 5.48. The first-order chi connectivity index (χ1) is 8.29. The number of carboxylic acid groups (broad SMARTS) is 1. The van der Waals surface area contributed by atoms with E-state index in [0.717, 1.165) is 14.1 Å². The Kier molecular flexibility index (Phi) is 3.33. The summed E-state index contributed by atoms with van der Waals surface area (Å²) in [5.74, 6) is 0. The van der Waals surface area contributed by atoms with E-state index in [1.54, 1.807) is 6.07 Å². The number of amides is 1. The molecule has 0 saturated carbocycles. The van der Waals surface area contributed by atoms with Crippen molar-refractivity contribution in [3.8, 4) is 0 Å². The van der Waals surface area contributed by atoms with E-state index in [4.69, 9.17) is 0 Å². The van der Waals surface area contributed by atoms with Gasteiger partial charge in [0, 0.05) is 11.2 Å². The first kappa shape index (κ1) is 13.3. The molecule has 1 N–H and O–H groups in total. The summed E-state index contributed by atoms with van der Waals surface area (Å²) >= 11 is 4.82. The van der Waals surface area contributed by atoms with E-state index >= 15 is 0 Å². The fourth-order valence-electron chi connectivity index (χ4n) is 1.81. The molecule has 0 saturated heterocycles. The Morgan fingerprint density at radius 1 is 1.44 bits per heavy atom. The fraction of sp³-hybridized carbons (Fsp3) is 0.333. The van der Waals surface area contributed by atoms with Crippen LogP contribution in [0.2, 0.25) is 0 Å². The fourth-order valence-corrected chi connectivity index (χ4v) is 3.25. The first-order valence-electron chi connectivity index (χ1n) is 5.38. The number of hydrogen-bond donors (Lipinski definition) is 1. The smallest absolute Gasteiger partial charge is 0.412 e. The van der Waals surface area contributed by atoms with Crippen molar-refractivity contribution < 1.29 is 9.90 Å². The molecular formula is C12H13BrN2O2S. The molecule has 0 radical (unpaired) electrons. The van der Waals surface area contributed by atoms with E-state index in [9.17, 15) is 9.90 Å². The van der Waals surface area contributed by atoms with E-state index in [-0.39, 0.29) is 0 Å². The Bertz CT molecular complexity index is 604. The van der Waals surface area contributed by atoms with Crippen molar-refractivity contribution >= 4 is 49.3 Å². The molecule has 0 aliphatic carbocycles. The van der Waals surface area contributed by atoms with E-state index in [1.807, 2.05) is 32.9 Å².